The summed E-state index contributed by atoms with van der Waals surface area (Å²) in [5.74, 6) is 0.569. The molecular weight excluding hydrogens is 272 g/mol. The van der Waals surface area contributed by atoms with Gasteiger partial charge in [-0.15, -0.1) is 0 Å². The molecule has 0 spiro atoms. The second-order valence-corrected chi connectivity index (χ2v) is 5.62. The van der Waals surface area contributed by atoms with Gasteiger partial charge in [0.1, 0.15) is 4.99 Å². The van der Waals surface area contributed by atoms with Crippen LogP contribution in [-0.4, -0.2) is 42.6 Å². The number of nitrogens with two attached hydrogens (primary N) is 1. The highest BCUT2D eigenvalue weighted by molar-refractivity contribution is 7.80. The van der Waals surface area contributed by atoms with E-state index in [9.17, 15) is 4.79 Å². The number of carbonyl (C=O) groups excluding carboxylic acids is 1. The van der Waals surface area contributed by atoms with Crippen LogP contribution < -0.4 is 5.73 Å². The van der Waals surface area contributed by atoms with Crippen LogP contribution in [0.25, 0.3) is 0 Å². The van der Waals surface area contributed by atoms with Gasteiger partial charge in [-0.25, -0.2) is 0 Å². The lowest BCUT2D eigenvalue weighted by Gasteiger charge is -2.27. The highest BCUT2D eigenvalue weighted by Gasteiger charge is 2.19. The number of ether oxygens (including phenoxy) is 1. The maximum atomic E-state index is 12.3. The fourth-order valence-corrected chi connectivity index (χ4v) is 2.53. The van der Waals surface area contributed by atoms with Gasteiger partial charge in [-0.2, -0.15) is 0 Å². The Hall–Kier alpha value is -1.46. The molecule has 1 amide bonds. The first-order chi connectivity index (χ1) is 9.58. The van der Waals surface area contributed by atoms with Crippen molar-refractivity contribution in [3.05, 3.63) is 35.4 Å². The Morgan fingerprint density at radius 2 is 1.85 bits per heavy atom. The van der Waals surface area contributed by atoms with Crippen LogP contribution in [-0.2, 0) is 4.74 Å². The number of thiocarbonyl (C=S) groups is 1. The fourth-order valence-electron chi connectivity index (χ4n) is 2.40. The molecule has 0 aromatic heterocycles. The largest absolute Gasteiger partial charge is 0.389 e. The van der Waals surface area contributed by atoms with Crippen molar-refractivity contribution in [1.82, 2.24) is 4.90 Å². The first-order valence-electron chi connectivity index (χ1n) is 6.81. The summed E-state index contributed by atoms with van der Waals surface area (Å²) in [6, 6.07) is 7.13. The lowest BCUT2D eigenvalue weighted by Crippen LogP contribution is -2.34. The molecule has 5 heteroatoms. The zero-order valence-electron chi connectivity index (χ0n) is 11.7. The lowest BCUT2D eigenvalue weighted by atomic mass is 9.99. The predicted octanol–water partition coefficient (Wildman–Crippen LogP) is 1.82. The third kappa shape index (κ3) is 3.77. The molecule has 4 nitrogen and oxygen atoms in total. The van der Waals surface area contributed by atoms with Gasteiger partial charge < -0.3 is 15.4 Å². The topological polar surface area (TPSA) is 55.6 Å². The first kappa shape index (κ1) is 14.9. The predicted molar refractivity (Wildman–Crippen MR) is 82.8 cm³/mol. The molecule has 0 radical (unpaired) electrons. The number of benzene rings is 1. The van der Waals surface area contributed by atoms with Crippen LogP contribution in [0, 0.1) is 5.92 Å². The molecule has 1 aromatic carbocycles. The molecule has 0 unspecified atom stereocenters. The van der Waals surface area contributed by atoms with Crippen LogP contribution in [0.15, 0.2) is 24.3 Å². The van der Waals surface area contributed by atoms with E-state index in [0.29, 0.717) is 16.5 Å². The Balaban J connectivity index is 1.96. The van der Waals surface area contributed by atoms with Crippen LogP contribution >= 0.6 is 12.2 Å². The van der Waals surface area contributed by atoms with Crippen molar-refractivity contribution in [3.63, 3.8) is 0 Å². The SMILES string of the molecule is CN(CC1CCOCC1)C(=O)c1ccc(C(N)=S)cc1. The Bertz CT molecular complexity index is 481. The molecular formula is C15H20N2O2S. The van der Waals surface area contributed by atoms with Crippen molar-refractivity contribution < 1.29 is 9.53 Å². The Kier molecular flexibility index (Phi) is 5.09. The summed E-state index contributed by atoms with van der Waals surface area (Å²) in [4.78, 5) is 14.5. The quantitative estimate of drug-likeness (QED) is 0.860. The summed E-state index contributed by atoms with van der Waals surface area (Å²) >= 11 is 4.90. The van der Waals surface area contributed by atoms with E-state index in [2.05, 4.69) is 0 Å². The number of hydrogen-bond acceptors (Lipinski definition) is 3. The van der Waals surface area contributed by atoms with Crippen LogP contribution in [0.1, 0.15) is 28.8 Å². The van der Waals surface area contributed by atoms with Crippen molar-refractivity contribution >= 4 is 23.1 Å². The van der Waals surface area contributed by atoms with Crippen molar-refractivity contribution in [2.75, 3.05) is 26.8 Å². The fraction of sp³-hybridized carbons (Fsp3) is 0.467. The third-order valence-corrected chi connectivity index (χ3v) is 3.87. The molecule has 1 heterocycles. The van der Waals surface area contributed by atoms with Crippen LogP contribution in [0.5, 0.6) is 0 Å². The number of carbonyl (C=O) groups is 1. The van der Waals surface area contributed by atoms with Gasteiger partial charge in [-0.1, -0.05) is 24.4 Å². The van der Waals surface area contributed by atoms with Crippen molar-refractivity contribution in [2.45, 2.75) is 12.8 Å². The van der Waals surface area contributed by atoms with Gasteiger partial charge in [0.2, 0.25) is 0 Å². The summed E-state index contributed by atoms with van der Waals surface area (Å²) < 4.78 is 5.33. The van der Waals surface area contributed by atoms with Crippen molar-refractivity contribution in [1.29, 1.82) is 0 Å². The summed E-state index contributed by atoms with van der Waals surface area (Å²) in [7, 11) is 1.85. The number of amides is 1. The van der Waals surface area contributed by atoms with E-state index in [0.717, 1.165) is 38.2 Å². The van der Waals surface area contributed by atoms with Gasteiger partial charge in [0.05, 0.1) is 0 Å². The molecule has 1 aliphatic rings. The Labute approximate surface area is 124 Å². The molecule has 1 aliphatic heterocycles. The molecule has 0 atom stereocenters. The highest BCUT2D eigenvalue weighted by Crippen LogP contribution is 2.17. The van der Waals surface area contributed by atoms with E-state index in [1.807, 2.05) is 7.05 Å². The minimum atomic E-state index is 0.0333. The van der Waals surface area contributed by atoms with Gasteiger partial charge in [-0.05, 0) is 30.9 Å². The standard InChI is InChI=1S/C15H20N2O2S/c1-17(10-11-6-8-19-9-7-11)15(18)13-4-2-12(3-5-13)14(16)20/h2-5,11H,6-10H2,1H3,(H2,16,20). The monoisotopic (exact) mass is 292 g/mol. The Morgan fingerprint density at radius 3 is 2.40 bits per heavy atom. The van der Waals surface area contributed by atoms with Crippen molar-refractivity contribution in [2.24, 2.45) is 11.7 Å². The third-order valence-electron chi connectivity index (χ3n) is 3.64. The van der Waals surface area contributed by atoms with E-state index in [1.165, 1.54) is 0 Å². The maximum Gasteiger partial charge on any atom is 0.253 e. The van der Waals surface area contributed by atoms with E-state index in [-0.39, 0.29) is 5.91 Å². The molecule has 20 heavy (non-hydrogen) atoms. The van der Waals surface area contributed by atoms with Crippen LogP contribution in [0.4, 0.5) is 0 Å². The first-order valence-corrected chi connectivity index (χ1v) is 7.22. The summed E-state index contributed by atoms with van der Waals surface area (Å²) in [6.45, 7) is 2.38. The molecule has 0 aliphatic carbocycles. The second kappa shape index (κ2) is 6.81. The summed E-state index contributed by atoms with van der Waals surface area (Å²) in [5.41, 5.74) is 7.00. The zero-order chi connectivity index (χ0) is 14.5. The van der Waals surface area contributed by atoms with Gasteiger partial charge in [-0.3, -0.25) is 4.79 Å². The van der Waals surface area contributed by atoms with E-state index in [1.54, 1.807) is 29.2 Å². The number of nitrogens with zero attached hydrogens (tertiary/aromatic N) is 1. The minimum absolute atomic E-state index is 0.0333. The van der Waals surface area contributed by atoms with Crippen molar-refractivity contribution in [3.8, 4) is 0 Å². The molecule has 108 valence electrons. The van der Waals surface area contributed by atoms with E-state index >= 15 is 0 Å². The lowest BCUT2D eigenvalue weighted by molar-refractivity contribution is 0.0497. The number of rotatable bonds is 4. The smallest absolute Gasteiger partial charge is 0.253 e. The summed E-state index contributed by atoms with van der Waals surface area (Å²) in [5, 5.41) is 0. The zero-order valence-corrected chi connectivity index (χ0v) is 12.5. The Morgan fingerprint density at radius 1 is 1.30 bits per heavy atom. The van der Waals surface area contributed by atoms with Gasteiger partial charge in [0.15, 0.2) is 0 Å². The number of hydrogen-bond donors (Lipinski definition) is 1. The van der Waals surface area contributed by atoms with Gasteiger partial charge in [0.25, 0.3) is 5.91 Å². The molecule has 0 bridgehead atoms. The van der Waals surface area contributed by atoms with Gasteiger partial charge in [0, 0.05) is 37.9 Å². The van der Waals surface area contributed by atoms with Crippen LogP contribution in [0.2, 0.25) is 0 Å². The van der Waals surface area contributed by atoms with Gasteiger partial charge >= 0.3 is 0 Å². The molecule has 0 saturated carbocycles. The maximum absolute atomic E-state index is 12.3. The van der Waals surface area contributed by atoms with Crippen LogP contribution in [0.3, 0.4) is 0 Å². The molecule has 1 saturated heterocycles. The van der Waals surface area contributed by atoms with E-state index < -0.39 is 0 Å². The molecule has 1 fully saturated rings. The molecule has 2 rings (SSSR count). The van der Waals surface area contributed by atoms with E-state index in [4.69, 9.17) is 22.7 Å². The highest BCUT2D eigenvalue weighted by atomic mass is 32.1. The average molecular weight is 292 g/mol. The molecule has 1 aromatic rings. The molecule has 2 N–H and O–H groups in total. The summed E-state index contributed by atoms with van der Waals surface area (Å²) in [6.07, 6.45) is 2.05. The average Bonchev–Trinajstić information content (AvgIpc) is 2.47. The normalized spacial score (nSPS) is 15.8. The minimum Gasteiger partial charge on any atom is -0.389 e. The second-order valence-electron chi connectivity index (χ2n) is 5.18.